The molecule has 5 aromatic carbocycles. The summed E-state index contributed by atoms with van der Waals surface area (Å²) in [5.41, 5.74) is 12.7. The van der Waals surface area contributed by atoms with Gasteiger partial charge in [-0.05, 0) is 182 Å². The number of ether oxygens (including phenoxy) is 5. The number of nitrogens with zero attached hydrogens (tertiary/aromatic N) is 6. The summed E-state index contributed by atoms with van der Waals surface area (Å²) in [7, 11) is 3.58. The maximum absolute atomic E-state index is 11.9. The molecule has 0 saturated carbocycles. The van der Waals surface area contributed by atoms with Gasteiger partial charge in [0.2, 0.25) is 11.8 Å². The minimum Gasteiger partial charge on any atom is -0.469 e. The van der Waals surface area contributed by atoms with Crippen LogP contribution in [-0.4, -0.2) is 241 Å². The average molecular weight is 1780 g/mol. The first-order valence-electron chi connectivity index (χ1n) is 44.5. The molecule has 0 unspecified atom stereocenters. The standard InChI is InChI=1S/C19H33NOSi.2C14H17NO3.C13H19NO.C10H19NO3.C9H13NOS.C8H11N.C7H10O4.C5H11NO/c1-16(18-10-8-7-9-11-18)20-13-12-17(14-20)15-21-22(5,6)19(2,3)4;2*1-10(11-6-4-3-5-7-11)15-9-12(8-13(15)16)14(17)18-2;1-11(13-5-3-2-4-6-13)14-8-7-12(9-14)10-15;1-10(2,3)14-9(13)11-5-4-8(6-11)7-12;11-6-8-1-3-10(5-8)9-2-4-12-7-9;1-7(9)8-5-3-2-4-6-8;1-5(7(9)11-3)4-6(8)10-2;7-4-5-1-2-6-3-5/h7-11,16-17H,12-15H2,1-6H3;2*3-7,10,12H,8-9H2,1-2H3;2-6,11-12,15H,7-10H2,1H3;8,12H,4-7H2,1-3H3;2,4,7-8,11H,1,3,5-6H2;2-7H,9H2,1H3;1,4H2,2-3H3;5-7H,1-4H2/t16-,17+;10-,12+;10-,12-;11-,12+;2*8-;7-;;5-/m1111001.0/s1. The molecule has 0 radical (unpaired) electrons. The van der Waals surface area contributed by atoms with Gasteiger partial charge in [-0.2, -0.15) is 11.3 Å². The summed E-state index contributed by atoms with van der Waals surface area (Å²) in [5, 5.41) is 43.2. The highest BCUT2D eigenvalue weighted by atomic mass is 32.1. The molecule has 0 aliphatic carbocycles. The van der Waals surface area contributed by atoms with Crippen molar-refractivity contribution in [2.75, 3.05) is 145 Å². The molecular formula is C99H150N8O17SSi. The number of rotatable bonds is 22. The normalized spacial score (nSPS) is 20.9. The number of esters is 4. The number of aliphatic hydroxyl groups excluding tert-OH is 4. The van der Waals surface area contributed by atoms with Crippen LogP contribution in [0.25, 0.3) is 0 Å². The Kier molecular flexibility index (Phi) is 47.8. The summed E-state index contributed by atoms with van der Waals surface area (Å²) < 4.78 is 29.7. The molecule has 27 heteroatoms. The van der Waals surface area contributed by atoms with E-state index in [2.05, 4.69) is 161 Å². The van der Waals surface area contributed by atoms with Crippen LogP contribution in [-0.2, 0) is 56.9 Å². The molecule has 1 aromatic heterocycles. The lowest BCUT2D eigenvalue weighted by atomic mass is 10.1. The topological polar surface area (TPSA) is 313 Å². The number of hydrogen-bond acceptors (Lipinski definition) is 23. The number of amides is 3. The van der Waals surface area contributed by atoms with E-state index >= 15 is 0 Å². The molecule has 0 spiro atoms. The monoisotopic (exact) mass is 1780 g/mol. The zero-order valence-corrected chi connectivity index (χ0v) is 80.1. The molecule has 7 fully saturated rings. The largest absolute Gasteiger partial charge is 0.469 e. The van der Waals surface area contributed by atoms with Crippen LogP contribution in [0.15, 0.2) is 181 Å². The Hall–Kier alpha value is -8.71. The summed E-state index contributed by atoms with van der Waals surface area (Å²) in [6.07, 6.45) is 5.67. The fourth-order valence-corrected chi connectivity index (χ4v) is 16.8. The first-order chi connectivity index (χ1) is 59.9. The zero-order valence-electron chi connectivity index (χ0n) is 78.2. The van der Waals surface area contributed by atoms with Gasteiger partial charge in [-0.3, -0.25) is 33.8 Å². The molecule has 7 aliphatic heterocycles. The highest BCUT2D eigenvalue weighted by Crippen LogP contribution is 2.39. The van der Waals surface area contributed by atoms with Gasteiger partial charge in [0.1, 0.15) is 5.60 Å². The Morgan fingerprint density at radius 1 is 0.508 bits per heavy atom. The average Bonchev–Trinajstić information content (AvgIpc) is 1.69. The summed E-state index contributed by atoms with van der Waals surface area (Å²) in [4.78, 5) is 92.1. The number of aliphatic hydroxyl groups is 4. The summed E-state index contributed by atoms with van der Waals surface area (Å²) in [6.45, 7) is 44.1. The van der Waals surface area contributed by atoms with Gasteiger partial charge in [0.25, 0.3) is 0 Å². The smallest absolute Gasteiger partial charge is 0.410 e. The van der Waals surface area contributed by atoms with Crippen molar-refractivity contribution in [3.05, 3.63) is 208 Å². The molecule has 25 nitrogen and oxygen atoms in total. The van der Waals surface area contributed by atoms with Crippen molar-refractivity contribution in [3.63, 3.8) is 0 Å². The van der Waals surface area contributed by atoms with Crippen molar-refractivity contribution in [1.82, 2.24) is 29.8 Å². The molecule has 8 heterocycles. The van der Waals surface area contributed by atoms with E-state index in [1.165, 1.54) is 70.3 Å². The summed E-state index contributed by atoms with van der Waals surface area (Å²) >= 11 is 1.73. The zero-order chi connectivity index (χ0) is 93.1. The molecule has 698 valence electrons. The van der Waals surface area contributed by atoms with Crippen molar-refractivity contribution in [1.29, 1.82) is 0 Å². The summed E-state index contributed by atoms with van der Waals surface area (Å²) in [6, 6.07) is 54.4. The van der Waals surface area contributed by atoms with Crippen molar-refractivity contribution in [2.45, 2.75) is 181 Å². The molecule has 7 saturated heterocycles. The van der Waals surface area contributed by atoms with Crippen LogP contribution in [0.5, 0.6) is 0 Å². The molecular weight excluding hydrogens is 1630 g/mol. The van der Waals surface area contributed by atoms with E-state index in [1.54, 1.807) is 26.0 Å². The number of benzene rings is 5. The Labute approximate surface area is 756 Å². The van der Waals surface area contributed by atoms with Crippen LogP contribution in [0.4, 0.5) is 10.5 Å². The van der Waals surface area contributed by atoms with Crippen molar-refractivity contribution >= 4 is 67.1 Å². The molecule has 0 bridgehead atoms. The number of methoxy groups -OCH3 is 4. The predicted molar refractivity (Wildman–Crippen MR) is 502 cm³/mol. The first kappa shape index (κ1) is 108. The quantitative estimate of drug-likeness (QED) is 0.0159. The van der Waals surface area contributed by atoms with Crippen molar-refractivity contribution < 1.29 is 82.1 Å². The lowest BCUT2D eigenvalue weighted by Gasteiger charge is -2.37. The Bertz CT molecular complexity index is 4020. The number of hydrogen-bond donors (Lipinski definition) is 6. The number of nitrogens with one attached hydrogen (secondary N) is 1. The fourth-order valence-electron chi connectivity index (χ4n) is 15.0. The molecule has 7 aliphatic rings. The number of likely N-dealkylation sites (tertiary alicyclic amines) is 5. The lowest BCUT2D eigenvalue weighted by Crippen LogP contribution is -2.42. The highest BCUT2D eigenvalue weighted by molar-refractivity contribution is 7.08. The van der Waals surface area contributed by atoms with Crippen molar-refractivity contribution in [2.24, 2.45) is 47.2 Å². The predicted octanol–water partition coefficient (Wildman–Crippen LogP) is 15.1. The van der Waals surface area contributed by atoms with Crippen LogP contribution in [0.2, 0.25) is 18.1 Å². The van der Waals surface area contributed by atoms with Crippen molar-refractivity contribution in [3.8, 4) is 0 Å². The Balaban J connectivity index is 0.000000255. The minimum absolute atomic E-state index is 0.00615. The van der Waals surface area contributed by atoms with E-state index in [9.17, 15) is 33.6 Å². The van der Waals surface area contributed by atoms with Crippen LogP contribution in [0.3, 0.4) is 0 Å². The van der Waals surface area contributed by atoms with Crippen LogP contribution >= 0.6 is 11.3 Å². The second-order valence-corrected chi connectivity index (χ2v) is 41.5. The van der Waals surface area contributed by atoms with Crippen LogP contribution in [0, 0.1) is 41.4 Å². The molecule has 126 heavy (non-hydrogen) atoms. The van der Waals surface area contributed by atoms with Crippen LogP contribution in [0.1, 0.15) is 186 Å². The molecule has 6 aromatic rings. The first-order valence-corrected chi connectivity index (χ1v) is 48.4. The molecule has 12 atom stereocenters. The summed E-state index contributed by atoms with van der Waals surface area (Å²) in [5.74, 6) is 0.128. The number of carbonyl (C=O) groups excluding carboxylic acids is 7. The molecule has 7 N–H and O–H groups in total. The van der Waals surface area contributed by atoms with E-state index in [0.29, 0.717) is 86.8 Å². The van der Waals surface area contributed by atoms with E-state index in [4.69, 9.17) is 44.8 Å². The van der Waals surface area contributed by atoms with E-state index < -0.39 is 25.9 Å². The second-order valence-electron chi connectivity index (χ2n) is 36.0. The highest BCUT2D eigenvalue weighted by Gasteiger charge is 2.41. The lowest BCUT2D eigenvalue weighted by molar-refractivity contribution is -0.146. The maximum Gasteiger partial charge on any atom is 0.410 e. The van der Waals surface area contributed by atoms with Gasteiger partial charge in [0.15, 0.2) is 8.32 Å². The maximum atomic E-state index is 11.9. The minimum atomic E-state index is -1.60. The van der Waals surface area contributed by atoms with Gasteiger partial charge in [0, 0.05) is 151 Å². The Morgan fingerprint density at radius 3 is 1.25 bits per heavy atom. The third kappa shape index (κ3) is 37.2. The SMILES string of the molecule is C=C(CC(=O)OC)C(=O)OC.CC(C)(C)OC(=O)N1CC[C@H](CO)C1.COC(=O)[C@@H]1CC(=O)N([C@H](C)c2ccccc2)C1.COC(=O)[C@H]1CC(=O)N([C@H](C)c2ccccc2)C1.C[C@@H](N)c1ccccc1.C[C@H](c1ccccc1)N1CC[C@H](CO)C1.C[C@H](c1ccccc1)N1CC[C@H](CO[Si](C)(C)C(C)(C)C)C1.OC[C@H]1CCN(c2ccsc2)C1.OC[C@H]1CCNC1. The van der Waals surface area contributed by atoms with E-state index in [-0.39, 0.29) is 97.2 Å². The van der Waals surface area contributed by atoms with Gasteiger partial charge in [0.05, 0.1) is 58.8 Å². The van der Waals surface area contributed by atoms with Crippen LogP contribution < -0.4 is 16.0 Å². The Morgan fingerprint density at radius 2 is 0.913 bits per heavy atom. The third-order valence-electron chi connectivity index (χ3n) is 24.3. The van der Waals surface area contributed by atoms with Gasteiger partial charge in [-0.25, -0.2) is 9.59 Å². The number of thiophene rings is 1. The number of anilines is 1. The fraction of sp³-hybridized carbons (Fsp3) is 0.566. The van der Waals surface area contributed by atoms with Gasteiger partial charge in [-0.15, -0.1) is 0 Å². The number of carbonyl (C=O) groups is 7. The van der Waals surface area contributed by atoms with Gasteiger partial charge in [-0.1, -0.05) is 179 Å². The second kappa shape index (κ2) is 55.9. The van der Waals surface area contributed by atoms with Gasteiger partial charge >= 0.3 is 30.0 Å². The molecule has 13 rings (SSSR count). The molecule has 3 amide bonds. The van der Waals surface area contributed by atoms with Gasteiger partial charge < -0.3 is 79.2 Å². The van der Waals surface area contributed by atoms with E-state index in [1.807, 2.05) is 133 Å². The number of nitrogens with two attached hydrogens (primary N) is 1. The van der Waals surface area contributed by atoms with E-state index in [0.717, 1.165) is 82.7 Å². The third-order valence-corrected chi connectivity index (χ3v) is 29.5.